The Balaban J connectivity index is 2.32. The molecule has 0 aromatic carbocycles. The van der Waals surface area contributed by atoms with Crippen LogP contribution in [0, 0.1) is 5.92 Å². The van der Waals surface area contributed by atoms with E-state index in [2.05, 4.69) is 13.8 Å². The summed E-state index contributed by atoms with van der Waals surface area (Å²) in [5, 5.41) is 0. The van der Waals surface area contributed by atoms with Gasteiger partial charge < -0.3 is 4.74 Å². The molecule has 2 heteroatoms. The minimum atomic E-state index is 0.199. The predicted octanol–water partition coefficient (Wildman–Crippen LogP) is 2.95. The van der Waals surface area contributed by atoms with Crippen molar-refractivity contribution < 1.29 is 9.53 Å². The molecule has 2 atom stereocenters. The molecule has 14 heavy (non-hydrogen) atoms. The van der Waals surface area contributed by atoms with E-state index in [4.69, 9.17) is 4.74 Å². The third kappa shape index (κ3) is 4.23. The second-order valence-electron chi connectivity index (χ2n) is 4.85. The molecule has 0 aliphatic carbocycles. The fourth-order valence-corrected chi connectivity index (χ4v) is 2.15. The quantitative estimate of drug-likeness (QED) is 0.694. The highest BCUT2D eigenvalue weighted by Crippen LogP contribution is 2.25. The Morgan fingerprint density at radius 1 is 1.36 bits per heavy atom. The summed E-state index contributed by atoms with van der Waals surface area (Å²) in [6, 6.07) is 0. The lowest BCUT2D eigenvalue weighted by molar-refractivity contribution is -0.123. The number of carbonyl (C=O) groups is 1. The van der Waals surface area contributed by atoms with E-state index in [0.717, 1.165) is 12.8 Å². The molecule has 2 nitrogen and oxygen atoms in total. The van der Waals surface area contributed by atoms with Crippen molar-refractivity contribution in [3.05, 3.63) is 0 Å². The first-order chi connectivity index (χ1) is 6.58. The number of ether oxygens (including phenoxy) is 1. The van der Waals surface area contributed by atoms with Gasteiger partial charge in [-0.1, -0.05) is 13.8 Å². The van der Waals surface area contributed by atoms with Crippen LogP contribution in [0.25, 0.3) is 0 Å². The zero-order valence-electron chi connectivity index (χ0n) is 9.58. The van der Waals surface area contributed by atoms with Crippen LogP contribution >= 0.6 is 0 Å². The van der Waals surface area contributed by atoms with Crippen molar-refractivity contribution in [3.8, 4) is 0 Å². The van der Waals surface area contributed by atoms with Crippen molar-refractivity contribution in [1.82, 2.24) is 0 Å². The molecule has 0 bridgehead atoms. The zero-order chi connectivity index (χ0) is 10.6. The molecule has 0 radical (unpaired) electrons. The van der Waals surface area contributed by atoms with Gasteiger partial charge >= 0.3 is 0 Å². The largest absolute Gasteiger partial charge is 0.375 e. The average molecular weight is 198 g/mol. The molecule has 0 unspecified atom stereocenters. The summed E-state index contributed by atoms with van der Waals surface area (Å²) in [6.45, 7) is 6.09. The number of hydrogen-bond acceptors (Lipinski definition) is 2. The zero-order valence-corrected chi connectivity index (χ0v) is 9.58. The van der Waals surface area contributed by atoms with Gasteiger partial charge in [-0.3, -0.25) is 4.79 Å². The van der Waals surface area contributed by atoms with Crippen LogP contribution in [0.1, 0.15) is 52.9 Å². The molecule has 1 rings (SSSR count). The van der Waals surface area contributed by atoms with Gasteiger partial charge in [-0.2, -0.15) is 0 Å². The molecular formula is C12H22O2. The van der Waals surface area contributed by atoms with Crippen LogP contribution in [-0.2, 0) is 9.53 Å². The maximum Gasteiger partial charge on any atom is 0.132 e. The normalized spacial score (nSPS) is 28.0. The van der Waals surface area contributed by atoms with Crippen molar-refractivity contribution in [1.29, 1.82) is 0 Å². The van der Waals surface area contributed by atoms with E-state index < -0.39 is 0 Å². The van der Waals surface area contributed by atoms with Crippen molar-refractivity contribution in [2.24, 2.45) is 5.92 Å². The van der Waals surface area contributed by atoms with Crippen molar-refractivity contribution >= 4 is 5.78 Å². The van der Waals surface area contributed by atoms with Gasteiger partial charge in [0.15, 0.2) is 0 Å². The summed E-state index contributed by atoms with van der Waals surface area (Å²) in [4.78, 5) is 11.0. The van der Waals surface area contributed by atoms with Crippen LogP contribution in [0.15, 0.2) is 0 Å². The summed E-state index contributed by atoms with van der Waals surface area (Å²) >= 11 is 0. The standard InChI is InChI=1S/C12H22O2/c1-9(2)7-11-5-4-6-12(14-11)8-10(3)13/h9,11-12H,4-8H2,1-3H3/t11-,12+/m1/s1. The Hall–Kier alpha value is -0.370. The molecule has 1 saturated heterocycles. The Morgan fingerprint density at radius 3 is 2.57 bits per heavy atom. The molecule has 0 aromatic rings. The van der Waals surface area contributed by atoms with Crippen LogP contribution in [0.3, 0.4) is 0 Å². The number of rotatable bonds is 4. The summed E-state index contributed by atoms with van der Waals surface area (Å²) in [6.07, 6.45) is 5.79. The second-order valence-corrected chi connectivity index (χ2v) is 4.85. The maximum absolute atomic E-state index is 11.0. The fourth-order valence-electron chi connectivity index (χ4n) is 2.15. The highest BCUT2D eigenvalue weighted by atomic mass is 16.5. The monoisotopic (exact) mass is 198 g/mol. The van der Waals surface area contributed by atoms with E-state index in [-0.39, 0.29) is 11.9 Å². The van der Waals surface area contributed by atoms with E-state index in [1.807, 2.05) is 0 Å². The second kappa shape index (κ2) is 5.50. The molecule has 1 aliphatic rings. The smallest absolute Gasteiger partial charge is 0.132 e. The average Bonchev–Trinajstić information content (AvgIpc) is 2.01. The van der Waals surface area contributed by atoms with Crippen LogP contribution in [0.5, 0.6) is 0 Å². The van der Waals surface area contributed by atoms with E-state index in [1.54, 1.807) is 6.92 Å². The topological polar surface area (TPSA) is 26.3 Å². The van der Waals surface area contributed by atoms with Crippen LogP contribution in [-0.4, -0.2) is 18.0 Å². The predicted molar refractivity (Wildman–Crippen MR) is 57.3 cm³/mol. The lowest BCUT2D eigenvalue weighted by Crippen LogP contribution is -2.29. The summed E-state index contributed by atoms with van der Waals surface area (Å²) in [5.41, 5.74) is 0. The first kappa shape index (κ1) is 11.7. The van der Waals surface area contributed by atoms with Crippen molar-refractivity contribution in [2.75, 3.05) is 0 Å². The van der Waals surface area contributed by atoms with Crippen LogP contribution in [0.4, 0.5) is 0 Å². The van der Waals surface area contributed by atoms with Crippen molar-refractivity contribution in [2.45, 2.75) is 65.1 Å². The number of Topliss-reactive ketones (excluding diaryl/α,β-unsaturated/α-hetero) is 1. The molecule has 0 spiro atoms. The third-order valence-corrected chi connectivity index (χ3v) is 2.69. The molecule has 0 amide bonds. The number of carbonyl (C=O) groups excluding carboxylic acids is 1. The summed E-state index contributed by atoms with van der Waals surface area (Å²) in [7, 11) is 0. The molecule has 0 aromatic heterocycles. The van der Waals surface area contributed by atoms with Gasteiger partial charge in [0.1, 0.15) is 5.78 Å². The molecule has 1 fully saturated rings. The van der Waals surface area contributed by atoms with E-state index >= 15 is 0 Å². The van der Waals surface area contributed by atoms with Gasteiger partial charge in [0, 0.05) is 6.42 Å². The highest BCUT2D eigenvalue weighted by molar-refractivity contribution is 5.75. The minimum Gasteiger partial charge on any atom is -0.375 e. The van der Waals surface area contributed by atoms with Crippen LogP contribution < -0.4 is 0 Å². The molecule has 0 saturated carbocycles. The first-order valence-electron chi connectivity index (χ1n) is 5.73. The SMILES string of the molecule is CC(=O)C[C@@H]1CCC[C@H](CC(C)C)O1. The number of ketones is 1. The van der Waals surface area contributed by atoms with Crippen LogP contribution in [0.2, 0.25) is 0 Å². The molecule has 1 aliphatic heterocycles. The van der Waals surface area contributed by atoms with Crippen molar-refractivity contribution in [3.63, 3.8) is 0 Å². The first-order valence-corrected chi connectivity index (χ1v) is 5.73. The van der Waals surface area contributed by atoms with Gasteiger partial charge in [0.2, 0.25) is 0 Å². The maximum atomic E-state index is 11.0. The minimum absolute atomic E-state index is 0.199. The Bertz CT molecular complexity index is 187. The van der Waals surface area contributed by atoms with Gasteiger partial charge in [-0.15, -0.1) is 0 Å². The fraction of sp³-hybridized carbons (Fsp3) is 0.917. The number of hydrogen-bond donors (Lipinski definition) is 0. The van der Waals surface area contributed by atoms with Gasteiger partial charge in [0.25, 0.3) is 0 Å². The summed E-state index contributed by atoms with van der Waals surface area (Å²) in [5.74, 6) is 0.941. The summed E-state index contributed by atoms with van der Waals surface area (Å²) < 4.78 is 5.89. The van der Waals surface area contributed by atoms with E-state index in [9.17, 15) is 4.79 Å². The van der Waals surface area contributed by atoms with E-state index in [0.29, 0.717) is 18.4 Å². The lowest BCUT2D eigenvalue weighted by atomic mass is 9.95. The van der Waals surface area contributed by atoms with Gasteiger partial charge in [0.05, 0.1) is 12.2 Å². The lowest BCUT2D eigenvalue weighted by Gasteiger charge is -2.30. The Morgan fingerprint density at radius 2 is 2.00 bits per heavy atom. The van der Waals surface area contributed by atoms with E-state index in [1.165, 1.54) is 12.8 Å². The molecular weight excluding hydrogens is 176 g/mol. The van der Waals surface area contributed by atoms with Gasteiger partial charge in [-0.25, -0.2) is 0 Å². The molecule has 0 N–H and O–H groups in total. The Labute approximate surface area is 87.0 Å². The molecule has 82 valence electrons. The highest BCUT2D eigenvalue weighted by Gasteiger charge is 2.23. The Kier molecular flexibility index (Phi) is 4.59. The molecule has 1 heterocycles. The third-order valence-electron chi connectivity index (χ3n) is 2.69. The van der Waals surface area contributed by atoms with Gasteiger partial charge in [-0.05, 0) is 38.5 Å².